The second-order valence-corrected chi connectivity index (χ2v) is 8.79. The summed E-state index contributed by atoms with van der Waals surface area (Å²) in [6.07, 6.45) is -1.94. The summed E-state index contributed by atoms with van der Waals surface area (Å²) in [5, 5.41) is 0. The van der Waals surface area contributed by atoms with Gasteiger partial charge in [0, 0.05) is 28.4 Å². The fraction of sp³-hybridized carbons (Fsp3) is 0.818. The van der Waals surface area contributed by atoms with E-state index in [2.05, 4.69) is 18.1 Å². The Morgan fingerprint density at radius 1 is 0.826 bits per heavy atom. The van der Waals surface area contributed by atoms with Crippen molar-refractivity contribution in [2.45, 2.75) is 13.0 Å². The highest BCUT2D eigenvalue weighted by atomic mass is 31.2. The number of hydrogen-bond acceptors (Lipinski definition) is 10. The Morgan fingerprint density at radius 2 is 1.22 bits per heavy atom. The van der Waals surface area contributed by atoms with Crippen molar-refractivity contribution in [3.8, 4) is 0 Å². The maximum absolute atomic E-state index is 11.7. The molecule has 0 saturated carbocycles. The molecule has 0 rings (SSSR count). The third-order valence-electron chi connectivity index (χ3n) is 2.57. The molecule has 0 aliphatic carbocycles. The van der Waals surface area contributed by atoms with E-state index in [0.29, 0.717) is 0 Å². The number of ether oxygens (including phenoxy) is 2. The second-order valence-electron chi connectivity index (χ2n) is 4.25. The molecular formula is C11H22O10P2. The van der Waals surface area contributed by atoms with E-state index in [9.17, 15) is 18.7 Å². The Balaban J connectivity index is 4.28. The topological polar surface area (TPSA) is 124 Å². The van der Waals surface area contributed by atoms with Gasteiger partial charge < -0.3 is 27.6 Å². The largest absolute Gasteiger partial charge is 0.461 e. The zero-order valence-corrected chi connectivity index (χ0v) is 15.5. The van der Waals surface area contributed by atoms with Crippen molar-refractivity contribution in [2.75, 3.05) is 47.4 Å². The van der Waals surface area contributed by atoms with Gasteiger partial charge in [-0.05, 0) is 6.92 Å². The highest BCUT2D eigenvalue weighted by Gasteiger charge is 2.29. The summed E-state index contributed by atoms with van der Waals surface area (Å²) in [5.74, 6) is -1.67. The van der Waals surface area contributed by atoms with Gasteiger partial charge in [-0.15, -0.1) is 0 Å². The molecule has 0 N–H and O–H groups in total. The molecule has 23 heavy (non-hydrogen) atoms. The average Bonchev–Trinajstić information content (AvgIpc) is 2.52. The van der Waals surface area contributed by atoms with Gasteiger partial charge in [-0.2, -0.15) is 0 Å². The van der Waals surface area contributed by atoms with Crippen molar-refractivity contribution < 1.29 is 46.3 Å². The molecule has 0 aliphatic rings. The van der Waals surface area contributed by atoms with Crippen molar-refractivity contribution in [1.29, 1.82) is 0 Å². The number of rotatable bonds is 11. The predicted octanol–water partition coefficient (Wildman–Crippen LogP) is 1.43. The Kier molecular flexibility index (Phi) is 9.84. The smallest absolute Gasteiger partial charge is 0.341 e. The number of esters is 2. The molecule has 1 unspecified atom stereocenters. The van der Waals surface area contributed by atoms with Crippen molar-refractivity contribution in [3.05, 3.63) is 0 Å². The van der Waals surface area contributed by atoms with Crippen LogP contribution in [-0.2, 0) is 46.3 Å². The van der Waals surface area contributed by atoms with Gasteiger partial charge in [0.25, 0.3) is 0 Å². The minimum absolute atomic E-state index is 0.276. The molecule has 10 nitrogen and oxygen atoms in total. The van der Waals surface area contributed by atoms with E-state index in [4.69, 9.17) is 9.47 Å². The number of hydrogen-bond donors (Lipinski definition) is 0. The first-order chi connectivity index (χ1) is 10.6. The molecule has 0 amide bonds. The lowest BCUT2D eigenvalue weighted by atomic mass is 10.4. The Bertz CT molecular complexity index is 475. The van der Waals surface area contributed by atoms with E-state index in [0.717, 1.165) is 28.4 Å². The minimum Gasteiger partial charge on any atom is -0.461 e. The Labute approximate surface area is 134 Å². The molecule has 0 aromatic rings. The van der Waals surface area contributed by atoms with Crippen LogP contribution in [0, 0.1) is 0 Å². The van der Waals surface area contributed by atoms with E-state index in [1.165, 1.54) is 6.92 Å². The van der Waals surface area contributed by atoms with Gasteiger partial charge in [-0.1, -0.05) is 0 Å². The SMILES string of the molecule is COP(=O)(CC(=O)OCC(C)OC(=O)CP(=O)(OC)OC)OC. The zero-order valence-electron chi connectivity index (χ0n) is 13.7. The van der Waals surface area contributed by atoms with Crippen molar-refractivity contribution >= 4 is 27.1 Å². The number of carbonyl (C=O) groups excluding carboxylic acids is 2. The van der Waals surface area contributed by atoms with Gasteiger partial charge in [0.05, 0.1) is 0 Å². The molecule has 0 radical (unpaired) electrons. The third-order valence-corrected chi connectivity index (χ3v) is 6.09. The van der Waals surface area contributed by atoms with Crippen LogP contribution in [0.4, 0.5) is 0 Å². The predicted molar refractivity (Wildman–Crippen MR) is 79.5 cm³/mol. The van der Waals surface area contributed by atoms with E-state index in [-0.39, 0.29) is 6.61 Å². The molecule has 0 spiro atoms. The van der Waals surface area contributed by atoms with E-state index >= 15 is 0 Å². The van der Waals surface area contributed by atoms with Crippen molar-refractivity contribution in [2.24, 2.45) is 0 Å². The van der Waals surface area contributed by atoms with Gasteiger partial charge in [-0.3, -0.25) is 18.7 Å². The lowest BCUT2D eigenvalue weighted by Gasteiger charge is -2.17. The first kappa shape index (κ1) is 22.2. The molecular weight excluding hydrogens is 354 g/mol. The van der Waals surface area contributed by atoms with Crippen molar-refractivity contribution in [3.63, 3.8) is 0 Å². The standard InChI is InChI=1S/C11H22O10P2/c1-9(21-11(13)8-23(15,18-4)19-5)6-20-10(12)7-22(14,16-2)17-3/h9H,6-8H2,1-5H3. The van der Waals surface area contributed by atoms with Crippen LogP contribution in [0.2, 0.25) is 0 Å². The molecule has 0 fully saturated rings. The van der Waals surface area contributed by atoms with Gasteiger partial charge in [-0.25, -0.2) is 0 Å². The first-order valence-electron chi connectivity index (χ1n) is 6.39. The highest BCUT2D eigenvalue weighted by Crippen LogP contribution is 2.46. The van der Waals surface area contributed by atoms with Crippen LogP contribution >= 0.6 is 15.2 Å². The molecule has 136 valence electrons. The summed E-state index contributed by atoms with van der Waals surface area (Å²) in [6.45, 7) is 1.18. The van der Waals surface area contributed by atoms with Crippen LogP contribution in [0.25, 0.3) is 0 Å². The third kappa shape index (κ3) is 8.60. The van der Waals surface area contributed by atoms with Gasteiger partial charge >= 0.3 is 27.1 Å². The van der Waals surface area contributed by atoms with Gasteiger partial charge in [0.15, 0.2) is 0 Å². The highest BCUT2D eigenvalue weighted by molar-refractivity contribution is 7.55. The Hall–Kier alpha value is -0.760. The second kappa shape index (κ2) is 10.2. The monoisotopic (exact) mass is 376 g/mol. The summed E-state index contributed by atoms with van der Waals surface area (Å²) in [6, 6.07) is 0. The average molecular weight is 376 g/mol. The van der Waals surface area contributed by atoms with Crippen LogP contribution in [0.1, 0.15) is 6.92 Å². The number of carbonyl (C=O) groups is 2. The van der Waals surface area contributed by atoms with Crippen molar-refractivity contribution in [1.82, 2.24) is 0 Å². The fourth-order valence-corrected chi connectivity index (χ4v) is 2.89. The first-order valence-corrected chi connectivity index (χ1v) is 9.85. The minimum atomic E-state index is -3.52. The van der Waals surface area contributed by atoms with Gasteiger partial charge in [0.1, 0.15) is 25.0 Å². The Morgan fingerprint density at radius 3 is 1.61 bits per heavy atom. The van der Waals surface area contributed by atoms with E-state index in [1.54, 1.807) is 0 Å². The molecule has 0 bridgehead atoms. The maximum Gasteiger partial charge on any atom is 0.341 e. The summed E-state index contributed by atoms with van der Waals surface area (Å²) >= 11 is 0. The van der Waals surface area contributed by atoms with E-state index in [1.807, 2.05) is 0 Å². The molecule has 0 aromatic carbocycles. The van der Waals surface area contributed by atoms with Crippen LogP contribution in [0.3, 0.4) is 0 Å². The summed E-state index contributed by atoms with van der Waals surface area (Å²) in [7, 11) is -2.45. The molecule has 0 heterocycles. The molecule has 1 atom stereocenters. The molecule has 0 aliphatic heterocycles. The maximum atomic E-state index is 11.7. The van der Waals surface area contributed by atoms with Crippen LogP contribution in [-0.4, -0.2) is 65.4 Å². The molecule has 12 heteroatoms. The normalized spacial score (nSPS) is 13.4. The van der Waals surface area contributed by atoms with Crippen LogP contribution < -0.4 is 0 Å². The van der Waals surface area contributed by atoms with Crippen LogP contribution in [0.15, 0.2) is 0 Å². The summed E-state index contributed by atoms with van der Waals surface area (Å²) in [4.78, 5) is 23.1. The molecule has 0 saturated heterocycles. The van der Waals surface area contributed by atoms with E-state index < -0.39 is 45.6 Å². The lowest BCUT2D eigenvalue weighted by molar-refractivity contribution is -0.155. The van der Waals surface area contributed by atoms with Crippen LogP contribution in [0.5, 0.6) is 0 Å². The summed E-state index contributed by atoms with van der Waals surface area (Å²) in [5.41, 5.74) is 0. The lowest BCUT2D eigenvalue weighted by Crippen LogP contribution is -2.25. The quantitative estimate of drug-likeness (QED) is 0.386. The van der Waals surface area contributed by atoms with Gasteiger partial charge in [0.2, 0.25) is 0 Å². The molecule has 0 aromatic heterocycles. The zero-order chi connectivity index (χ0) is 18.1. The fourth-order valence-electron chi connectivity index (χ4n) is 1.28. The summed E-state index contributed by atoms with van der Waals surface area (Å²) < 4.78 is 51.6.